The van der Waals surface area contributed by atoms with Gasteiger partial charge in [-0.15, -0.1) is 0 Å². The van der Waals surface area contributed by atoms with Crippen molar-refractivity contribution < 1.29 is 18.8 Å². The molecule has 3 aromatic rings. The summed E-state index contributed by atoms with van der Waals surface area (Å²) < 4.78 is 11.4. The zero-order chi connectivity index (χ0) is 22.0. The summed E-state index contributed by atoms with van der Waals surface area (Å²) in [4.78, 5) is 29.0. The molecule has 2 amide bonds. The molecule has 162 valence electrons. The number of carbonyl (C=O) groups excluding carboxylic acids is 2. The van der Waals surface area contributed by atoms with Gasteiger partial charge >= 0.3 is 0 Å². The number of piperazine rings is 1. The normalized spacial score (nSPS) is 14.2. The van der Waals surface area contributed by atoms with Crippen LogP contribution in [0.25, 0.3) is 10.8 Å². The standard InChI is InChI=1S/C24H27N3O4/c1-4-23(28)26-9-11-27(12-10-26)24(29)20-13-18-7-5-6-8-19(18)14-22(20)30-15-21-16(2)25-31-17(21)3/h5-8,13-14H,4,9-12,15H2,1-3H3. The van der Waals surface area contributed by atoms with Gasteiger partial charge in [-0.1, -0.05) is 36.3 Å². The van der Waals surface area contributed by atoms with Crippen LogP contribution >= 0.6 is 0 Å². The summed E-state index contributed by atoms with van der Waals surface area (Å²) >= 11 is 0. The van der Waals surface area contributed by atoms with Crippen molar-refractivity contribution in [1.82, 2.24) is 15.0 Å². The zero-order valence-corrected chi connectivity index (χ0v) is 18.2. The van der Waals surface area contributed by atoms with Crippen LogP contribution in [0, 0.1) is 13.8 Å². The van der Waals surface area contributed by atoms with Gasteiger partial charge in [0.15, 0.2) is 0 Å². The summed E-state index contributed by atoms with van der Waals surface area (Å²) in [5, 5.41) is 5.96. The molecule has 7 heteroatoms. The molecule has 7 nitrogen and oxygen atoms in total. The third kappa shape index (κ3) is 4.26. The molecule has 0 aliphatic carbocycles. The number of fused-ring (bicyclic) bond motifs is 1. The molecule has 31 heavy (non-hydrogen) atoms. The van der Waals surface area contributed by atoms with E-state index in [1.165, 1.54) is 0 Å². The smallest absolute Gasteiger partial charge is 0.257 e. The van der Waals surface area contributed by atoms with Gasteiger partial charge in [0.05, 0.1) is 16.8 Å². The Kier molecular flexibility index (Phi) is 5.93. The fraction of sp³-hybridized carbons (Fsp3) is 0.375. The lowest BCUT2D eigenvalue weighted by Gasteiger charge is -2.35. The average molecular weight is 421 g/mol. The number of ether oxygens (including phenoxy) is 1. The van der Waals surface area contributed by atoms with Gasteiger partial charge in [-0.25, -0.2) is 0 Å². The first-order valence-corrected chi connectivity index (χ1v) is 10.6. The third-order valence-corrected chi connectivity index (χ3v) is 5.85. The van der Waals surface area contributed by atoms with Crippen LogP contribution in [-0.2, 0) is 11.4 Å². The van der Waals surface area contributed by atoms with Crippen LogP contribution in [-0.4, -0.2) is 52.9 Å². The maximum Gasteiger partial charge on any atom is 0.257 e. The molecule has 1 aliphatic heterocycles. The van der Waals surface area contributed by atoms with Gasteiger partial charge in [-0.2, -0.15) is 0 Å². The Morgan fingerprint density at radius 1 is 1.03 bits per heavy atom. The highest BCUT2D eigenvalue weighted by Gasteiger charge is 2.26. The van der Waals surface area contributed by atoms with Gasteiger partial charge in [0.2, 0.25) is 5.91 Å². The number of hydrogen-bond donors (Lipinski definition) is 0. The topological polar surface area (TPSA) is 75.9 Å². The minimum Gasteiger partial charge on any atom is -0.488 e. The van der Waals surface area contributed by atoms with Crippen LogP contribution in [0.2, 0.25) is 0 Å². The third-order valence-electron chi connectivity index (χ3n) is 5.85. The lowest BCUT2D eigenvalue weighted by atomic mass is 10.0. The number of rotatable bonds is 5. The number of amides is 2. The Labute approximate surface area is 181 Å². The molecule has 1 saturated heterocycles. The van der Waals surface area contributed by atoms with Crippen molar-refractivity contribution in [2.75, 3.05) is 26.2 Å². The molecule has 2 aromatic carbocycles. The van der Waals surface area contributed by atoms with E-state index in [2.05, 4.69) is 5.16 Å². The molecule has 0 atom stereocenters. The Morgan fingerprint density at radius 2 is 1.68 bits per heavy atom. The number of aryl methyl sites for hydroxylation is 2. The van der Waals surface area contributed by atoms with E-state index in [4.69, 9.17) is 9.26 Å². The zero-order valence-electron chi connectivity index (χ0n) is 18.2. The molecule has 0 saturated carbocycles. The van der Waals surface area contributed by atoms with Gasteiger partial charge in [0.25, 0.3) is 5.91 Å². The number of nitrogens with zero attached hydrogens (tertiary/aromatic N) is 3. The first-order valence-electron chi connectivity index (χ1n) is 10.6. The molecule has 4 rings (SSSR count). The highest BCUT2D eigenvalue weighted by Crippen LogP contribution is 2.29. The van der Waals surface area contributed by atoms with Gasteiger partial charge in [0.1, 0.15) is 18.1 Å². The second-order valence-electron chi connectivity index (χ2n) is 7.81. The molecule has 0 N–H and O–H groups in total. The summed E-state index contributed by atoms with van der Waals surface area (Å²) in [6.45, 7) is 8.00. The Morgan fingerprint density at radius 3 is 2.29 bits per heavy atom. The number of benzene rings is 2. The minimum absolute atomic E-state index is 0.0805. The van der Waals surface area contributed by atoms with Crippen molar-refractivity contribution in [2.24, 2.45) is 0 Å². The molecule has 0 unspecified atom stereocenters. The maximum absolute atomic E-state index is 13.4. The Hall–Kier alpha value is -3.35. The summed E-state index contributed by atoms with van der Waals surface area (Å²) in [7, 11) is 0. The first kappa shape index (κ1) is 20.9. The predicted octanol–water partition coefficient (Wildman–Crippen LogP) is 3.72. The van der Waals surface area contributed by atoms with Crippen LogP contribution in [0.1, 0.15) is 40.7 Å². The molecule has 0 bridgehead atoms. The van der Waals surface area contributed by atoms with Crippen LogP contribution in [0.5, 0.6) is 5.75 Å². The number of aromatic nitrogens is 1. The minimum atomic E-state index is -0.0805. The molecule has 1 aliphatic rings. The van der Waals surface area contributed by atoms with E-state index < -0.39 is 0 Å². The monoisotopic (exact) mass is 421 g/mol. The lowest BCUT2D eigenvalue weighted by Crippen LogP contribution is -2.50. The largest absolute Gasteiger partial charge is 0.488 e. The molecular weight excluding hydrogens is 394 g/mol. The number of carbonyl (C=O) groups is 2. The van der Waals surface area contributed by atoms with E-state index in [0.29, 0.717) is 49.7 Å². The molecular formula is C24H27N3O4. The summed E-state index contributed by atoms with van der Waals surface area (Å²) in [5.74, 6) is 1.29. The maximum atomic E-state index is 13.4. The highest BCUT2D eigenvalue weighted by atomic mass is 16.5. The Bertz CT molecular complexity index is 1090. The van der Waals surface area contributed by atoms with E-state index in [-0.39, 0.29) is 18.4 Å². The van der Waals surface area contributed by atoms with Crippen molar-refractivity contribution in [3.8, 4) is 5.75 Å². The summed E-state index contributed by atoms with van der Waals surface area (Å²) in [6.07, 6.45) is 0.484. The second-order valence-corrected chi connectivity index (χ2v) is 7.81. The van der Waals surface area contributed by atoms with E-state index in [1.54, 1.807) is 4.90 Å². The lowest BCUT2D eigenvalue weighted by molar-refractivity contribution is -0.132. The fourth-order valence-corrected chi connectivity index (χ4v) is 3.92. The van der Waals surface area contributed by atoms with Crippen molar-refractivity contribution in [3.05, 3.63) is 59.0 Å². The first-order chi connectivity index (χ1) is 15.0. The quantitative estimate of drug-likeness (QED) is 0.628. The van der Waals surface area contributed by atoms with Crippen LogP contribution in [0.3, 0.4) is 0 Å². The van der Waals surface area contributed by atoms with Crippen LogP contribution in [0.4, 0.5) is 0 Å². The summed E-state index contributed by atoms with van der Waals surface area (Å²) in [6, 6.07) is 11.7. The molecule has 1 fully saturated rings. The average Bonchev–Trinajstić information content (AvgIpc) is 3.13. The van der Waals surface area contributed by atoms with Crippen molar-refractivity contribution >= 4 is 22.6 Å². The molecule has 0 radical (unpaired) electrons. The van der Waals surface area contributed by atoms with Crippen molar-refractivity contribution in [3.63, 3.8) is 0 Å². The van der Waals surface area contributed by atoms with Gasteiger partial charge in [0, 0.05) is 32.6 Å². The second kappa shape index (κ2) is 8.79. The van der Waals surface area contributed by atoms with Gasteiger partial charge in [-0.3, -0.25) is 9.59 Å². The molecule has 0 spiro atoms. The van der Waals surface area contributed by atoms with E-state index in [0.717, 1.165) is 22.0 Å². The molecule has 2 heterocycles. The fourth-order valence-electron chi connectivity index (χ4n) is 3.92. The summed E-state index contributed by atoms with van der Waals surface area (Å²) in [5.41, 5.74) is 2.20. The van der Waals surface area contributed by atoms with Gasteiger partial charge < -0.3 is 19.1 Å². The van der Waals surface area contributed by atoms with E-state index in [1.807, 2.05) is 62.1 Å². The highest BCUT2D eigenvalue weighted by molar-refractivity contribution is 6.01. The van der Waals surface area contributed by atoms with E-state index >= 15 is 0 Å². The molecule has 1 aromatic heterocycles. The number of hydrogen-bond acceptors (Lipinski definition) is 5. The van der Waals surface area contributed by atoms with Crippen LogP contribution < -0.4 is 4.74 Å². The predicted molar refractivity (Wildman–Crippen MR) is 117 cm³/mol. The Balaban J connectivity index is 1.60. The van der Waals surface area contributed by atoms with Crippen LogP contribution in [0.15, 0.2) is 40.9 Å². The SMILES string of the molecule is CCC(=O)N1CCN(C(=O)c2cc3ccccc3cc2OCc2c(C)noc2C)CC1. The van der Waals surface area contributed by atoms with Gasteiger partial charge in [-0.05, 0) is 36.8 Å². The van der Waals surface area contributed by atoms with Crippen molar-refractivity contribution in [2.45, 2.75) is 33.8 Å². The van der Waals surface area contributed by atoms with Crippen molar-refractivity contribution in [1.29, 1.82) is 0 Å². The van der Waals surface area contributed by atoms with E-state index in [9.17, 15) is 9.59 Å².